The molecule has 5 heteroatoms. The molecule has 1 aromatic heterocycles. The van der Waals surface area contributed by atoms with E-state index in [0.29, 0.717) is 11.3 Å². The van der Waals surface area contributed by atoms with Gasteiger partial charge >= 0.3 is 0 Å². The molecule has 3 rings (SSSR count). The SMILES string of the molecule is COc1ccc(-c2cc(C(=O)NCCO)c3ccccc3n2)cc1. The van der Waals surface area contributed by atoms with E-state index in [1.54, 1.807) is 13.2 Å². The first-order chi connectivity index (χ1) is 11.7. The number of pyridine rings is 1. The second-order valence-electron chi connectivity index (χ2n) is 5.28. The van der Waals surface area contributed by atoms with Gasteiger partial charge in [0.15, 0.2) is 0 Å². The van der Waals surface area contributed by atoms with Gasteiger partial charge in [0, 0.05) is 17.5 Å². The molecule has 1 heterocycles. The van der Waals surface area contributed by atoms with Crippen LogP contribution in [0.15, 0.2) is 54.6 Å². The number of carbonyl (C=O) groups excluding carboxylic acids is 1. The zero-order valence-corrected chi connectivity index (χ0v) is 13.3. The first-order valence-corrected chi connectivity index (χ1v) is 7.66. The number of aromatic nitrogens is 1. The van der Waals surface area contributed by atoms with Crippen molar-refractivity contribution in [1.82, 2.24) is 10.3 Å². The number of methoxy groups -OCH3 is 1. The minimum absolute atomic E-state index is 0.0971. The first kappa shape index (κ1) is 16.0. The van der Waals surface area contributed by atoms with Crippen LogP contribution in [-0.4, -0.2) is 36.3 Å². The molecule has 0 radical (unpaired) electrons. The van der Waals surface area contributed by atoms with Crippen molar-refractivity contribution in [2.75, 3.05) is 20.3 Å². The number of nitrogens with one attached hydrogen (secondary N) is 1. The van der Waals surface area contributed by atoms with E-state index in [-0.39, 0.29) is 19.1 Å². The van der Waals surface area contributed by atoms with E-state index >= 15 is 0 Å². The molecule has 2 aromatic carbocycles. The number of aliphatic hydroxyl groups is 1. The maximum Gasteiger partial charge on any atom is 0.252 e. The van der Waals surface area contributed by atoms with Gasteiger partial charge in [-0.05, 0) is 36.4 Å². The molecule has 0 spiro atoms. The highest BCUT2D eigenvalue weighted by Crippen LogP contribution is 2.26. The van der Waals surface area contributed by atoms with E-state index in [1.165, 1.54) is 0 Å². The van der Waals surface area contributed by atoms with E-state index in [1.807, 2.05) is 48.5 Å². The molecule has 0 unspecified atom stereocenters. The fourth-order valence-electron chi connectivity index (χ4n) is 2.54. The van der Waals surface area contributed by atoms with E-state index in [2.05, 4.69) is 10.3 Å². The van der Waals surface area contributed by atoms with Crippen molar-refractivity contribution in [2.24, 2.45) is 0 Å². The third-order valence-electron chi connectivity index (χ3n) is 3.74. The summed E-state index contributed by atoms with van der Waals surface area (Å²) < 4.78 is 5.17. The van der Waals surface area contributed by atoms with Crippen molar-refractivity contribution in [3.05, 3.63) is 60.2 Å². The Hall–Kier alpha value is -2.92. The summed E-state index contributed by atoms with van der Waals surface area (Å²) in [7, 11) is 1.62. The Morgan fingerprint density at radius 3 is 2.62 bits per heavy atom. The fraction of sp³-hybridized carbons (Fsp3) is 0.158. The number of carbonyl (C=O) groups is 1. The van der Waals surface area contributed by atoms with Crippen LogP contribution in [0.3, 0.4) is 0 Å². The highest BCUT2D eigenvalue weighted by molar-refractivity contribution is 6.07. The highest BCUT2D eigenvalue weighted by atomic mass is 16.5. The second kappa shape index (κ2) is 7.10. The second-order valence-corrected chi connectivity index (χ2v) is 5.28. The lowest BCUT2D eigenvalue weighted by atomic mass is 10.0. The normalized spacial score (nSPS) is 10.6. The Morgan fingerprint density at radius 2 is 1.92 bits per heavy atom. The third-order valence-corrected chi connectivity index (χ3v) is 3.74. The quantitative estimate of drug-likeness (QED) is 0.757. The summed E-state index contributed by atoms with van der Waals surface area (Å²) in [5, 5.41) is 12.4. The summed E-state index contributed by atoms with van der Waals surface area (Å²) in [4.78, 5) is 17.1. The predicted octanol–water partition coefficient (Wildman–Crippen LogP) is 2.63. The molecule has 0 saturated carbocycles. The summed E-state index contributed by atoms with van der Waals surface area (Å²) in [5.74, 6) is 0.540. The summed E-state index contributed by atoms with van der Waals surface area (Å²) >= 11 is 0. The number of hydrogen-bond donors (Lipinski definition) is 2. The molecule has 0 aliphatic heterocycles. The van der Waals surface area contributed by atoms with Gasteiger partial charge in [-0.2, -0.15) is 0 Å². The number of para-hydroxylation sites is 1. The van der Waals surface area contributed by atoms with Crippen LogP contribution < -0.4 is 10.1 Å². The number of fused-ring (bicyclic) bond motifs is 1. The van der Waals surface area contributed by atoms with Crippen LogP contribution in [0.1, 0.15) is 10.4 Å². The molecule has 5 nitrogen and oxygen atoms in total. The minimum Gasteiger partial charge on any atom is -0.497 e. The van der Waals surface area contributed by atoms with Crippen LogP contribution in [0.5, 0.6) is 5.75 Å². The Labute approximate surface area is 139 Å². The van der Waals surface area contributed by atoms with Crippen molar-refractivity contribution in [3.63, 3.8) is 0 Å². The lowest BCUT2D eigenvalue weighted by molar-refractivity contribution is 0.0946. The Kier molecular flexibility index (Phi) is 4.72. The molecule has 0 bridgehead atoms. The van der Waals surface area contributed by atoms with Gasteiger partial charge in [0.05, 0.1) is 30.5 Å². The number of nitrogens with zero attached hydrogens (tertiary/aromatic N) is 1. The number of aliphatic hydroxyl groups excluding tert-OH is 1. The molecule has 1 amide bonds. The van der Waals surface area contributed by atoms with Gasteiger partial charge in [0.2, 0.25) is 0 Å². The van der Waals surface area contributed by atoms with E-state index in [4.69, 9.17) is 9.84 Å². The summed E-state index contributed by atoms with van der Waals surface area (Å²) in [6.45, 7) is 0.118. The Balaban J connectivity index is 2.10. The molecule has 0 aliphatic carbocycles. The number of rotatable bonds is 5. The van der Waals surface area contributed by atoms with Crippen LogP contribution in [-0.2, 0) is 0 Å². The van der Waals surface area contributed by atoms with Crippen molar-refractivity contribution in [2.45, 2.75) is 0 Å². The van der Waals surface area contributed by atoms with Gasteiger partial charge < -0.3 is 15.2 Å². The van der Waals surface area contributed by atoms with Crippen LogP contribution in [0.2, 0.25) is 0 Å². The van der Waals surface area contributed by atoms with E-state index < -0.39 is 0 Å². The highest BCUT2D eigenvalue weighted by Gasteiger charge is 2.13. The van der Waals surface area contributed by atoms with Gasteiger partial charge in [-0.1, -0.05) is 18.2 Å². The smallest absolute Gasteiger partial charge is 0.252 e. The standard InChI is InChI=1S/C19H18N2O3/c1-24-14-8-6-13(7-9-14)18-12-16(19(23)20-10-11-22)15-4-2-3-5-17(15)21-18/h2-9,12,22H,10-11H2,1H3,(H,20,23). The van der Waals surface area contributed by atoms with Gasteiger partial charge in [0.25, 0.3) is 5.91 Å². The van der Waals surface area contributed by atoms with Gasteiger partial charge in [-0.3, -0.25) is 4.79 Å². The molecule has 122 valence electrons. The fourth-order valence-corrected chi connectivity index (χ4v) is 2.54. The number of ether oxygens (including phenoxy) is 1. The number of benzene rings is 2. The van der Waals surface area contributed by atoms with Crippen LogP contribution >= 0.6 is 0 Å². The van der Waals surface area contributed by atoms with Crippen molar-refractivity contribution in [1.29, 1.82) is 0 Å². The molecule has 0 fully saturated rings. The topological polar surface area (TPSA) is 71.5 Å². The van der Waals surface area contributed by atoms with E-state index in [0.717, 1.165) is 22.2 Å². The molecule has 0 atom stereocenters. The minimum atomic E-state index is -0.225. The third kappa shape index (κ3) is 3.21. The van der Waals surface area contributed by atoms with Crippen LogP contribution in [0, 0.1) is 0 Å². The zero-order valence-electron chi connectivity index (χ0n) is 13.3. The maximum atomic E-state index is 12.4. The molecule has 3 aromatic rings. The molecular weight excluding hydrogens is 304 g/mol. The Bertz CT molecular complexity index is 860. The molecular formula is C19H18N2O3. The van der Waals surface area contributed by atoms with Crippen molar-refractivity contribution in [3.8, 4) is 17.0 Å². The number of hydrogen-bond acceptors (Lipinski definition) is 4. The molecule has 2 N–H and O–H groups in total. The van der Waals surface area contributed by atoms with Crippen LogP contribution in [0.25, 0.3) is 22.2 Å². The van der Waals surface area contributed by atoms with E-state index in [9.17, 15) is 4.79 Å². The van der Waals surface area contributed by atoms with Crippen molar-refractivity contribution < 1.29 is 14.6 Å². The van der Waals surface area contributed by atoms with Gasteiger partial charge in [-0.15, -0.1) is 0 Å². The zero-order chi connectivity index (χ0) is 16.9. The lowest BCUT2D eigenvalue weighted by Gasteiger charge is -2.10. The Morgan fingerprint density at radius 1 is 1.17 bits per heavy atom. The van der Waals surface area contributed by atoms with Crippen LogP contribution in [0.4, 0.5) is 0 Å². The predicted molar refractivity (Wildman–Crippen MR) is 93.2 cm³/mol. The average molecular weight is 322 g/mol. The first-order valence-electron chi connectivity index (χ1n) is 7.66. The summed E-state index contributed by atoms with van der Waals surface area (Å²) in [6.07, 6.45) is 0. The van der Waals surface area contributed by atoms with Crippen molar-refractivity contribution >= 4 is 16.8 Å². The maximum absolute atomic E-state index is 12.4. The van der Waals surface area contributed by atoms with Gasteiger partial charge in [-0.25, -0.2) is 4.98 Å². The molecule has 0 saturated heterocycles. The summed E-state index contributed by atoms with van der Waals surface area (Å²) in [5.41, 5.74) is 2.91. The van der Waals surface area contributed by atoms with Gasteiger partial charge in [0.1, 0.15) is 5.75 Å². The lowest BCUT2D eigenvalue weighted by Crippen LogP contribution is -2.26. The monoisotopic (exact) mass is 322 g/mol. The largest absolute Gasteiger partial charge is 0.497 e. The number of amides is 1. The molecule has 24 heavy (non-hydrogen) atoms. The molecule has 0 aliphatic rings. The summed E-state index contributed by atoms with van der Waals surface area (Å²) in [6, 6.07) is 16.8. The average Bonchev–Trinajstić information content (AvgIpc) is 2.65.